The van der Waals surface area contributed by atoms with Crippen LogP contribution in [0.5, 0.6) is 0 Å². The monoisotopic (exact) mass is 450 g/mol. The van der Waals surface area contributed by atoms with Gasteiger partial charge in [0.25, 0.3) is 11.8 Å². The van der Waals surface area contributed by atoms with E-state index in [1.54, 1.807) is 13.8 Å². The first-order chi connectivity index (χ1) is 14.5. The molecule has 0 saturated heterocycles. The molecule has 8 nitrogen and oxygen atoms in total. The lowest BCUT2D eigenvalue weighted by Gasteiger charge is -2.21. The van der Waals surface area contributed by atoms with E-state index < -0.39 is 46.1 Å². The Balaban J connectivity index is 1.94. The normalized spacial score (nSPS) is 12.2. The van der Waals surface area contributed by atoms with E-state index in [0.717, 1.165) is 12.3 Å². The van der Waals surface area contributed by atoms with Crippen LogP contribution in [0, 0.1) is 11.7 Å². The quantitative estimate of drug-likeness (QED) is 0.595. The standard InChI is InChI=1S/C21H23FN2O6S/c1-13(2)19(24-20(26)16-6-4-5-7-17(16)22)21(27)30-12-18(25)23-14-8-10-15(11-9-14)31(3,28)29/h4-11,13,19H,12H2,1-3H3,(H,23,25)(H,24,26)/t19-/m0/s1. The molecule has 0 heterocycles. The third-order valence-electron chi connectivity index (χ3n) is 4.24. The summed E-state index contributed by atoms with van der Waals surface area (Å²) in [7, 11) is -3.36. The molecule has 0 fully saturated rings. The summed E-state index contributed by atoms with van der Waals surface area (Å²) in [6, 6.07) is 9.74. The third kappa shape index (κ3) is 6.88. The summed E-state index contributed by atoms with van der Waals surface area (Å²) >= 11 is 0. The van der Waals surface area contributed by atoms with Crippen molar-refractivity contribution in [1.29, 1.82) is 0 Å². The maximum absolute atomic E-state index is 13.8. The molecule has 2 amide bonds. The van der Waals surface area contributed by atoms with Gasteiger partial charge in [0.1, 0.15) is 11.9 Å². The zero-order valence-corrected chi connectivity index (χ0v) is 18.0. The molecule has 2 aromatic carbocycles. The highest BCUT2D eigenvalue weighted by Crippen LogP contribution is 2.14. The van der Waals surface area contributed by atoms with Gasteiger partial charge in [-0.1, -0.05) is 26.0 Å². The van der Waals surface area contributed by atoms with Crippen molar-refractivity contribution in [1.82, 2.24) is 5.32 Å². The first-order valence-corrected chi connectivity index (χ1v) is 11.2. The van der Waals surface area contributed by atoms with E-state index in [0.29, 0.717) is 5.69 Å². The molecule has 2 rings (SSSR count). The van der Waals surface area contributed by atoms with Gasteiger partial charge in [0.2, 0.25) is 0 Å². The Hall–Kier alpha value is -3.27. The molecule has 0 radical (unpaired) electrons. The number of anilines is 1. The number of rotatable bonds is 8. The minimum absolute atomic E-state index is 0.0993. The number of esters is 1. The number of benzene rings is 2. The lowest BCUT2D eigenvalue weighted by Crippen LogP contribution is -2.46. The molecule has 0 spiro atoms. The fourth-order valence-electron chi connectivity index (χ4n) is 2.57. The Morgan fingerprint density at radius 3 is 2.19 bits per heavy atom. The number of sulfone groups is 1. The summed E-state index contributed by atoms with van der Waals surface area (Å²) < 4.78 is 41.7. The maximum atomic E-state index is 13.8. The van der Waals surface area contributed by atoms with Crippen LogP contribution in [0.2, 0.25) is 0 Å². The molecular weight excluding hydrogens is 427 g/mol. The predicted octanol–water partition coefficient (Wildman–Crippen LogP) is 2.17. The minimum Gasteiger partial charge on any atom is -0.454 e. The number of carbonyl (C=O) groups excluding carboxylic acids is 3. The smallest absolute Gasteiger partial charge is 0.329 e. The largest absolute Gasteiger partial charge is 0.454 e. The van der Waals surface area contributed by atoms with E-state index in [2.05, 4.69) is 10.6 Å². The van der Waals surface area contributed by atoms with Crippen LogP contribution in [0.1, 0.15) is 24.2 Å². The summed E-state index contributed by atoms with van der Waals surface area (Å²) in [6.45, 7) is 2.71. The van der Waals surface area contributed by atoms with Gasteiger partial charge in [-0.15, -0.1) is 0 Å². The van der Waals surface area contributed by atoms with Crippen molar-refractivity contribution < 1.29 is 31.9 Å². The number of hydrogen-bond acceptors (Lipinski definition) is 6. The molecule has 2 N–H and O–H groups in total. The number of ether oxygens (including phenoxy) is 1. The Kier molecular flexibility index (Phi) is 7.87. The van der Waals surface area contributed by atoms with Gasteiger partial charge in [-0.3, -0.25) is 9.59 Å². The van der Waals surface area contributed by atoms with Gasteiger partial charge in [0.05, 0.1) is 10.5 Å². The fourth-order valence-corrected chi connectivity index (χ4v) is 3.20. The van der Waals surface area contributed by atoms with E-state index in [4.69, 9.17) is 4.74 Å². The molecule has 31 heavy (non-hydrogen) atoms. The van der Waals surface area contributed by atoms with Crippen molar-refractivity contribution in [3.63, 3.8) is 0 Å². The van der Waals surface area contributed by atoms with Gasteiger partial charge in [-0.2, -0.15) is 0 Å². The second kappa shape index (κ2) is 10.2. The van der Waals surface area contributed by atoms with Crippen molar-refractivity contribution in [2.24, 2.45) is 5.92 Å². The number of nitrogens with one attached hydrogen (secondary N) is 2. The van der Waals surface area contributed by atoms with Gasteiger partial charge in [-0.25, -0.2) is 17.6 Å². The van der Waals surface area contributed by atoms with Crippen molar-refractivity contribution >= 4 is 33.3 Å². The molecule has 0 unspecified atom stereocenters. The van der Waals surface area contributed by atoms with Crippen LogP contribution < -0.4 is 10.6 Å². The first-order valence-electron chi connectivity index (χ1n) is 9.31. The second-order valence-corrected chi connectivity index (χ2v) is 9.14. The Bertz CT molecular complexity index is 1070. The third-order valence-corrected chi connectivity index (χ3v) is 5.37. The lowest BCUT2D eigenvalue weighted by atomic mass is 10.0. The first kappa shape index (κ1) is 24.0. The summed E-state index contributed by atoms with van der Waals surface area (Å²) in [5.74, 6) is -3.37. The fraction of sp³-hybridized carbons (Fsp3) is 0.286. The van der Waals surface area contributed by atoms with Gasteiger partial charge >= 0.3 is 5.97 Å². The number of carbonyl (C=O) groups is 3. The molecule has 166 valence electrons. The number of halogens is 1. The van der Waals surface area contributed by atoms with Crippen LogP contribution in [0.25, 0.3) is 0 Å². The summed E-state index contributed by atoms with van der Waals surface area (Å²) in [5, 5.41) is 4.90. The van der Waals surface area contributed by atoms with Gasteiger partial charge < -0.3 is 15.4 Å². The van der Waals surface area contributed by atoms with Crippen molar-refractivity contribution in [2.75, 3.05) is 18.2 Å². The predicted molar refractivity (Wildman–Crippen MR) is 112 cm³/mol. The molecule has 0 bridgehead atoms. The van der Waals surface area contributed by atoms with Crippen LogP contribution in [0.3, 0.4) is 0 Å². The molecule has 0 aliphatic heterocycles. The van der Waals surface area contributed by atoms with Crippen LogP contribution >= 0.6 is 0 Å². The lowest BCUT2D eigenvalue weighted by molar-refractivity contribution is -0.150. The number of amides is 2. The van der Waals surface area contributed by atoms with E-state index in [9.17, 15) is 27.2 Å². The molecular formula is C21H23FN2O6S. The van der Waals surface area contributed by atoms with Gasteiger partial charge in [0, 0.05) is 11.9 Å². The summed E-state index contributed by atoms with van der Waals surface area (Å²) in [4.78, 5) is 36.8. The van der Waals surface area contributed by atoms with E-state index in [1.807, 2.05) is 0 Å². The topological polar surface area (TPSA) is 119 Å². The molecule has 0 aliphatic carbocycles. The van der Waals surface area contributed by atoms with Gasteiger partial charge in [0.15, 0.2) is 16.4 Å². The molecule has 0 saturated carbocycles. The average Bonchev–Trinajstić information content (AvgIpc) is 2.70. The van der Waals surface area contributed by atoms with E-state index in [-0.39, 0.29) is 16.4 Å². The number of hydrogen-bond donors (Lipinski definition) is 2. The minimum atomic E-state index is -3.36. The van der Waals surface area contributed by atoms with Crippen molar-refractivity contribution in [3.05, 3.63) is 59.9 Å². The van der Waals surface area contributed by atoms with Gasteiger partial charge in [-0.05, 0) is 42.3 Å². The Labute approximate surface area is 179 Å². The summed E-state index contributed by atoms with van der Waals surface area (Å²) in [6.07, 6.45) is 1.07. The van der Waals surface area contributed by atoms with Crippen LogP contribution in [0.15, 0.2) is 53.4 Å². The van der Waals surface area contributed by atoms with Crippen LogP contribution in [-0.2, 0) is 24.2 Å². The Morgan fingerprint density at radius 2 is 1.65 bits per heavy atom. The molecule has 2 aromatic rings. The molecule has 0 aromatic heterocycles. The van der Waals surface area contributed by atoms with E-state index in [1.165, 1.54) is 42.5 Å². The van der Waals surface area contributed by atoms with Crippen LogP contribution in [-0.4, -0.2) is 45.1 Å². The van der Waals surface area contributed by atoms with Crippen molar-refractivity contribution in [2.45, 2.75) is 24.8 Å². The maximum Gasteiger partial charge on any atom is 0.329 e. The summed E-state index contributed by atoms with van der Waals surface area (Å²) in [5.41, 5.74) is 0.109. The SMILES string of the molecule is CC(C)[C@H](NC(=O)c1ccccc1F)C(=O)OCC(=O)Nc1ccc(S(C)(=O)=O)cc1. The van der Waals surface area contributed by atoms with E-state index >= 15 is 0 Å². The Morgan fingerprint density at radius 1 is 1.03 bits per heavy atom. The molecule has 10 heteroatoms. The molecule has 0 aliphatic rings. The van der Waals surface area contributed by atoms with Crippen LogP contribution in [0.4, 0.5) is 10.1 Å². The highest BCUT2D eigenvalue weighted by molar-refractivity contribution is 7.90. The highest BCUT2D eigenvalue weighted by Gasteiger charge is 2.27. The molecule has 1 atom stereocenters. The second-order valence-electron chi connectivity index (χ2n) is 7.13. The zero-order valence-electron chi connectivity index (χ0n) is 17.2. The van der Waals surface area contributed by atoms with Crippen molar-refractivity contribution in [3.8, 4) is 0 Å². The zero-order chi connectivity index (χ0) is 23.2. The average molecular weight is 450 g/mol. The highest BCUT2D eigenvalue weighted by atomic mass is 32.2.